The van der Waals surface area contributed by atoms with E-state index >= 15 is 0 Å². The Bertz CT molecular complexity index is 275. The molecule has 1 fully saturated rings. The first-order chi connectivity index (χ1) is 7.22. The van der Waals surface area contributed by atoms with Gasteiger partial charge in [0.25, 0.3) is 0 Å². The highest BCUT2D eigenvalue weighted by atomic mass is 16.5. The zero-order valence-electron chi connectivity index (χ0n) is 9.25. The second-order valence-corrected chi connectivity index (χ2v) is 4.48. The first kappa shape index (κ1) is 10.7. The van der Waals surface area contributed by atoms with Crippen molar-refractivity contribution in [3.05, 3.63) is 11.8 Å². The number of Topliss-reactive ketones (excluding diaryl/α,β-unsaturated/α-hetero) is 1. The van der Waals surface area contributed by atoms with E-state index in [1.807, 2.05) is 6.92 Å². The maximum Gasteiger partial charge on any atom is 0.193 e. The Labute approximate surface area is 90.4 Å². The summed E-state index contributed by atoms with van der Waals surface area (Å²) in [6, 6.07) is 0. The molecule has 15 heavy (non-hydrogen) atoms. The molecule has 1 unspecified atom stereocenters. The molecule has 84 valence electrons. The first-order valence-corrected chi connectivity index (χ1v) is 5.72. The molecule has 0 spiro atoms. The van der Waals surface area contributed by atoms with Crippen molar-refractivity contribution in [2.75, 3.05) is 13.2 Å². The zero-order chi connectivity index (χ0) is 10.7. The number of ketones is 1. The van der Waals surface area contributed by atoms with E-state index in [0.717, 1.165) is 44.3 Å². The smallest absolute Gasteiger partial charge is 0.193 e. The van der Waals surface area contributed by atoms with Crippen LogP contribution in [-0.2, 0) is 14.3 Å². The van der Waals surface area contributed by atoms with Crippen LogP contribution in [-0.4, -0.2) is 24.6 Å². The molecule has 0 aromatic rings. The molecule has 1 saturated heterocycles. The molecular weight excluding hydrogens is 192 g/mol. The summed E-state index contributed by atoms with van der Waals surface area (Å²) in [4.78, 5) is 12.2. The molecule has 3 nitrogen and oxygen atoms in total. The number of rotatable bonds is 2. The summed E-state index contributed by atoms with van der Waals surface area (Å²) in [5.74, 6) is 0.127. The van der Waals surface area contributed by atoms with Crippen LogP contribution < -0.4 is 0 Å². The molecule has 0 amide bonds. The standard InChI is InChI=1S/C12H18O3/c1-12(6-2-3-8-15-12)11(13)10-5-4-7-14-9-10/h9H,2-8H2,1H3. The molecule has 2 aliphatic heterocycles. The molecular formula is C12H18O3. The summed E-state index contributed by atoms with van der Waals surface area (Å²) < 4.78 is 10.8. The van der Waals surface area contributed by atoms with Crippen LogP contribution in [0.3, 0.4) is 0 Å². The molecule has 2 heterocycles. The van der Waals surface area contributed by atoms with Crippen LogP contribution in [0.4, 0.5) is 0 Å². The quantitative estimate of drug-likeness (QED) is 0.701. The van der Waals surface area contributed by atoms with E-state index < -0.39 is 5.60 Å². The third kappa shape index (κ3) is 2.23. The first-order valence-electron chi connectivity index (χ1n) is 5.72. The minimum absolute atomic E-state index is 0.127. The second kappa shape index (κ2) is 4.35. The lowest BCUT2D eigenvalue weighted by Crippen LogP contribution is -2.42. The summed E-state index contributed by atoms with van der Waals surface area (Å²) >= 11 is 0. The SMILES string of the molecule is CC1(C(=O)C2=COCCC2)CCCCO1. The summed E-state index contributed by atoms with van der Waals surface area (Å²) in [7, 11) is 0. The van der Waals surface area contributed by atoms with Crippen molar-refractivity contribution >= 4 is 5.78 Å². The summed E-state index contributed by atoms with van der Waals surface area (Å²) in [5, 5.41) is 0. The average molecular weight is 210 g/mol. The lowest BCUT2D eigenvalue weighted by atomic mass is 9.86. The van der Waals surface area contributed by atoms with Crippen LogP contribution in [0.5, 0.6) is 0 Å². The lowest BCUT2D eigenvalue weighted by Gasteiger charge is -2.33. The van der Waals surface area contributed by atoms with Crippen LogP contribution in [0.2, 0.25) is 0 Å². The Hall–Kier alpha value is -0.830. The fourth-order valence-corrected chi connectivity index (χ4v) is 2.18. The van der Waals surface area contributed by atoms with Gasteiger partial charge in [0.2, 0.25) is 0 Å². The van der Waals surface area contributed by atoms with Crippen molar-refractivity contribution in [3.63, 3.8) is 0 Å². The Kier molecular flexibility index (Phi) is 3.10. The summed E-state index contributed by atoms with van der Waals surface area (Å²) in [5.41, 5.74) is 0.204. The predicted octanol–water partition coefficient (Wildman–Crippen LogP) is 2.21. The van der Waals surface area contributed by atoms with Crippen LogP contribution in [0.15, 0.2) is 11.8 Å². The third-order valence-corrected chi connectivity index (χ3v) is 3.17. The number of ether oxygens (including phenoxy) is 2. The van der Waals surface area contributed by atoms with Crippen LogP contribution >= 0.6 is 0 Å². The normalized spacial score (nSPS) is 31.7. The number of hydrogen-bond acceptors (Lipinski definition) is 3. The highest BCUT2D eigenvalue weighted by Gasteiger charge is 2.37. The van der Waals surface area contributed by atoms with Crippen molar-refractivity contribution in [1.29, 1.82) is 0 Å². The Balaban J connectivity index is 2.08. The van der Waals surface area contributed by atoms with E-state index in [9.17, 15) is 4.79 Å². The largest absolute Gasteiger partial charge is 0.501 e. The molecule has 0 bridgehead atoms. The van der Waals surface area contributed by atoms with Crippen molar-refractivity contribution in [2.24, 2.45) is 0 Å². The van der Waals surface area contributed by atoms with Gasteiger partial charge in [0.15, 0.2) is 5.78 Å². The molecule has 0 aromatic heterocycles. The fourth-order valence-electron chi connectivity index (χ4n) is 2.18. The van der Waals surface area contributed by atoms with Gasteiger partial charge >= 0.3 is 0 Å². The van der Waals surface area contributed by atoms with Gasteiger partial charge in [-0.1, -0.05) is 0 Å². The Morgan fingerprint density at radius 3 is 2.80 bits per heavy atom. The third-order valence-electron chi connectivity index (χ3n) is 3.17. The lowest BCUT2D eigenvalue weighted by molar-refractivity contribution is -0.144. The maximum atomic E-state index is 12.2. The highest BCUT2D eigenvalue weighted by Crippen LogP contribution is 2.30. The zero-order valence-corrected chi connectivity index (χ0v) is 9.25. The van der Waals surface area contributed by atoms with Gasteiger partial charge in [0, 0.05) is 12.2 Å². The van der Waals surface area contributed by atoms with Crippen LogP contribution in [0, 0.1) is 0 Å². The van der Waals surface area contributed by atoms with Gasteiger partial charge in [0.1, 0.15) is 5.60 Å². The summed E-state index contributed by atoms with van der Waals surface area (Å²) in [6.07, 6.45) is 6.37. The maximum absolute atomic E-state index is 12.2. The molecule has 0 radical (unpaired) electrons. The van der Waals surface area contributed by atoms with E-state index in [1.54, 1.807) is 6.26 Å². The summed E-state index contributed by atoms with van der Waals surface area (Å²) in [6.45, 7) is 3.34. The number of carbonyl (C=O) groups is 1. The minimum Gasteiger partial charge on any atom is -0.501 e. The molecule has 0 aromatic carbocycles. The Morgan fingerprint density at radius 2 is 2.20 bits per heavy atom. The van der Waals surface area contributed by atoms with E-state index in [-0.39, 0.29) is 5.78 Å². The van der Waals surface area contributed by atoms with Crippen molar-refractivity contribution in [3.8, 4) is 0 Å². The topological polar surface area (TPSA) is 35.5 Å². The highest BCUT2D eigenvalue weighted by molar-refractivity contribution is 6.01. The van der Waals surface area contributed by atoms with Gasteiger partial charge in [-0.3, -0.25) is 4.79 Å². The van der Waals surface area contributed by atoms with Crippen molar-refractivity contribution < 1.29 is 14.3 Å². The van der Waals surface area contributed by atoms with Crippen LogP contribution in [0.25, 0.3) is 0 Å². The van der Waals surface area contributed by atoms with Gasteiger partial charge in [-0.2, -0.15) is 0 Å². The average Bonchev–Trinajstić information content (AvgIpc) is 2.30. The van der Waals surface area contributed by atoms with E-state index in [1.165, 1.54) is 0 Å². The second-order valence-electron chi connectivity index (χ2n) is 4.48. The van der Waals surface area contributed by atoms with E-state index in [0.29, 0.717) is 6.61 Å². The number of carbonyl (C=O) groups excluding carboxylic acids is 1. The minimum atomic E-state index is -0.592. The fraction of sp³-hybridized carbons (Fsp3) is 0.750. The Morgan fingerprint density at radius 1 is 1.33 bits per heavy atom. The van der Waals surface area contributed by atoms with Gasteiger partial charge in [-0.05, 0) is 39.0 Å². The van der Waals surface area contributed by atoms with E-state index in [2.05, 4.69) is 0 Å². The van der Waals surface area contributed by atoms with Gasteiger partial charge in [-0.25, -0.2) is 0 Å². The monoisotopic (exact) mass is 210 g/mol. The number of hydrogen-bond donors (Lipinski definition) is 0. The van der Waals surface area contributed by atoms with E-state index in [4.69, 9.17) is 9.47 Å². The van der Waals surface area contributed by atoms with Crippen LogP contribution in [0.1, 0.15) is 39.0 Å². The van der Waals surface area contributed by atoms with Gasteiger partial charge in [-0.15, -0.1) is 0 Å². The molecule has 2 rings (SSSR count). The molecule has 0 saturated carbocycles. The predicted molar refractivity (Wildman–Crippen MR) is 56.5 cm³/mol. The van der Waals surface area contributed by atoms with Crippen molar-refractivity contribution in [2.45, 2.75) is 44.6 Å². The molecule has 3 heteroatoms. The van der Waals surface area contributed by atoms with Gasteiger partial charge in [0.05, 0.1) is 12.9 Å². The van der Waals surface area contributed by atoms with Crippen molar-refractivity contribution in [1.82, 2.24) is 0 Å². The molecule has 1 atom stereocenters. The molecule has 2 aliphatic rings. The molecule has 0 aliphatic carbocycles. The van der Waals surface area contributed by atoms with Gasteiger partial charge < -0.3 is 9.47 Å². The molecule has 0 N–H and O–H groups in total.